The van der Waals surface area contributed by atoms with Gasteiger partial charge in [0.1, 0.15) is 0 Å². The van der Waals surface area contributed by atoms with Crippen molar-refractivity contribution in [3.8, 4) is 0 Å². The van der Waals surface area contributed by atoms with E-state index in [0.29, 0.717) is 0 Å². The summed E-state index contributed by atoms with van der Waals surface area (Å²) in [7, 11) is 1.98. The second kappa shape index (κ2) is 6.52. The van der Waals surface area contributed by atoms with Crippen molar-refractivity contribution in [3.63, 3.8) is 0 Å². The van der Waals surface area contributed by atoms with Gasteiger partial charge < -0.3 is 10.2 Å². The molecule has 5 nitrogen and oxygen atoms in total. The van der Waals surface area contributed by atoms with Gasteiger partial charge in [0.2, 0.25) is 0 Å². The number of nitrogens with zero attached hydrogens (tertiary/aromatic N) is 2. The predicted octanol–water partition coefficient (Wildman–Crippen LogP) is 2.42. The van der Waals surface area contributed by atoms with E-state index >= 15 is 0 Å². The van der Waals surface area contributed by atoms with Crippen LogP contribution in [0.5, 0.6) is 0 Å². The van der Waals surface area contributed by atoms with Crippen LogP contribution in [0.3, 0.4) is 0 Å². The fourth-order valence-corrected chi connectivity index (χ4v) is 2.63. The Labute approximate surface area is 113 Å². The number of nitro benzene ring substituents is 1. The summed E-state index contributed by atoms with van der Waals surface area (Å²) >= 11 is 0. The second-order valence-electron chi connectivity index (χ2n) is 5.10. The average molecular weight is 263 g/mol. The van der Waals surface area contributed by atoms with Crippen molar-refractivity contribution in [2.24, 2.45) is 5.92 Å². The zero-order valence-corrected chi connectivity index (χ0v) is 11.3. The molecule has 1 heterocycles. The summed E-state index contributed by atoms with van der Waals surface area (Å²) < 4.78 is 0. The third-order valence-corrected chi connectivity index (χ3v) is 3.82. The number of rotatable bonds is 5. The van der Waals surface area contributed by atoms with Crippen molar-refractivity contribution in [1.82, 2.24) is 5.32 Å². The van der Waals surface area contributed by atoms with Crippen molar-refractivity contribution in [1.29, 1.82) is 0 Å². The number of piperidine rings is 1. The van der Waals surface area contributed by atoms with Gasteiger partial charge in [0.25, 0.3) is 5.69 Å². The zero-order chi connectivity index (χ0) is 13.7. The van der Waals surface area contributed by atoms with E-state index in [4.69, 9.17) is 0 Å². The third-order valence-electron chi connectivity index (χ3n) is 3.82. The standard InChI is InChI=1S/C14H21N3O2/c1-15-8-5-12-6-9-16(10-7-12)13-3-2-4-14(11-13)17(18)19/h2-4,11-12,15H,5-10H2,1H3. The Morgan fingerprint density at radius 1 is 1.42 bits per heavy atom. The average Bonchev–Trinajstić information content (AvgIpc) is 2.46. The summed E-state index contributed by atoms with van der Waals surface area (Å²) in [6, 6.07) is 6.94. The molecule has 1 aromatic carbocycles. The van der Waals surface area contributed by atoms with E-state index in [1.807, 2.05) is 13.1 Å². The summed E-state index contributed by atoms with van der Waals surface area (Å²) in [6.07, 6.45) is 3.56. The van der Waals surface area contributed by atoms with Crippen LogP contribution in [0.4, 0.5) is 11.4 Å². The van der Waals surface area contributed by atoms with Crippen molar-refractivity contribution in [3.05, 3.63) is 34.4 Å². The van der Waals surface area contributed by atoms with E-state index in [0.717, 1.165) is 31.2 Å². The first-order valence-electron chi connectivity index (χ1n) is 6.84. The largest absolute Gasteiger partial charge is 0.371 e. The lowest BCUT2D eigenvalue weighted by molar-refractivity contribution is -0.384. The zero-order valence-electron chi connectivity index (χ0n) is 11.3. The Balaban J connectivity index is 1.94. The van der Waals surface area contributed by atoms with Crippen LogP contribution in [-0.2, 0) is 0 Å². The Morgan fingerprint density at radius 2 is 2.16 bits per heavy atom. The van der Waals surface area contributed by atoms with Crippen molar-refractivity contribution in [2.75, 3.05) is 31.6 Å². The number of nitrogens with one attached hydrogen (secondary N) is 1. The molecule has 1 aromatic rings. The monoisotopic (exact) mass is 263 g/mol. The van der Waals surface area contributed by atoms with Gasteiger partial charge in [0.05, 0.1) is 4.92 Å². The maximum absolute atomic E-state index is 10.8. The third kappa shape index (κ3) is 3.67. The van der Waals surface area contributed by atoms with E-state index in [2.05, 4.69) is 10.2 Å². The van der Waals surface area contributed by atoms with Crippen molar-refractivity contribution < 1.29 is 4.92 Å². The maximum atomic E-state index is 10.8. The van der Waals surface area contributed by atoms with Gasteiger partial charge in [-0.05, 0) is 44.8 Å². The number of nitro groups is 1. The molecule has 0 radical (unpaired) electrons. The molecule has 1 N–H and O–H groups in total. The SMILES string of the molecule is CNCCC1CCN(c2cccc([N+](=O)[O-])c2)CC1. The lowest BCUT2D eigenvalue weighted by Crippen LogP contribution is -2.34. The van der Waals surface area contributed by atoms with E-state index in [1.165, 1.54) is 19.3 Å². The van der Waals surface area contributed by atoms with Gasteiger partial charge in [-0.3, -0.25) is 10.1 Å². The first-order valence-corrected chi connectivity index (χ1v) is 6.84. The highest BCUT2D eigenvalue weighted by Crippen LogP contribution is 2.27. The fourth-order valence-electron chi connectivity index (χ4n) is 2.63. The van der Waals surface area contributed by atoms with Crippen LogP contribution in [0.2, 0.25) is 0 Å². The number of non-ortho nitro benzene ring substituents is 1. The molecule has 0 unspecified atom stereocenters. The van der Waals surface area contributed by atoms with Gasteiger partial charge >= 0.3 is 0 Å². The molecule has 0 aliphatic carbocycles. The number of anilines is 1. The van der Waals surface area contributed by atoms with Crippen LogP contribution in [0.25, 0.3) is 0 Å². The van der Waals surface area contributed by atoms with E-state index in [9.17, 15) is 10.1 Å². The number of hydrogen-bond donors (Lipinski definition) is 1. The van der Waals surface area contributed by atoms with Crippen molar-refractivity contribution in [2.45, 2.75) is 19.3 Å². The van der Waals surface area contributed by atoms with Crippen LogP contribution in [0, 0.1) is 16.0 Å². The highest BCUT2D eigenvalue weighted by molar-refractivity contribution is 5.53. The summed E-state index contributed by atoms with van der Waals surface area (Å²) in [6.45, 7) is 3.06. The summed E-state index contributed by atoms with van der Waals surface area (Å²) in [4.78, 5) is 12.7. The molecule has 5 heteroatoms. The number of hydrogen-bond acceptors (Lipinski definition) is 4. The molecule has 2 rings (SSSR count). The van der Waals surface area contributed by atoms with Crippen LogP contribution in [-0.4, -0.2) is 31.6 Å². The molecule has 1 aliphatic rings. The summed E-state index contributed by atoms with van der Waals surface area (Å²) in [5, 5.41) is 14.0. The van der Waals surface area contributed by atoms with E-state index in [1.54, 1.807) is 18.2 Å². The molecule has 0 aromatic heterocycles. The van der Waals surface area contributed by atoms with Crippen molar-refractivity contribution >= 4 is 11.4 Å². The van der Waals surface area contributed by atoms with Gasteiger partial charge in [0, 0.05) is 30.9 Å². The lowest BCUT2D eigenvalue weighted by atomic mass is 9.93. The summed E-state index contributed by atoms with van der Waals surface area (Å²) in [5.74, 6) is 0.780. The molecule has 0 saturated carbocycles. The molecule has 1 aliphatic heterocycles. The minimum Gasteiger partial charge on any atom is -0.371 e. The first-order chi connectivity index (χ1) is 9.20. The van der Waals surface area contributed by atoms with Crippen LogP contribution < -0.4 is 10.2 Å². The van der Waals surface area contributed by atoms with Crippen LogP contribution in [0.1, 0.15) is 19.3 Å². The molecule has 0 amide bonds. The highest BCUT2D eigenvalue weighted by atomic mass is 16.6. The topological polar surface area (TPSA) is 58.4 Å². The number of benzene rings is 1. The quantitative estimate of drug-likeness (QED) is 0.654. The predicted molar refractivity (Wildman–Crippen MR) is 76.6 cm³/mol. The molecular weight excluding hydrogens is 242 g/mol. The van der Waals surface area contributed by atoms with Gasteiger partial charge in [0.15, 0.2) is 0 Å². The minimum absolute atomic E-state index is 0.176. The van der Waals surface area contributed by atoms with E-state index in [-0.39, 0.29) is 10.6 Å². The molecule has 1 fully saturated rings. The highest BCUT2D eigenvalue weighted by Gasteiger charge is 2.20. The Bertz CT molecular complexity index is 428. The Kier molecular flexibility index (Phi) is 4.74. The molecule has 0 bridgehead atoms. The molecule has 0 atom stereocenters. The Hall–Kier alpha value is -1.62. The molecule has 104 valence electrons. The molecule has 19 heavy (non-hydrogen) atoms. The van der Waals surface area contributed by atoms with Gasteiger partial charge in [-0.1, -0.05) is 6.07 Å². The molecular formula is C14H21N3O2. The van der Waals surface area contributed by atoms with Crippen LogP contribution in [0.15, 0.2) is 24.3 Å². The molecule has 1 saturated heterocycles. The smallest absolute Gasteiger partial charge is 0.271 e. The molecule has 0 spiro atoms. The second-order valence-corrected chi connectivity index (χ2v) is 5.10. The lowest BCUT2D eigenvalue weighted by Gasteiger charge is -2.33. The maximum Gasteiger partial charge on any atom is 0.271 e. The van der Waals surface area contributed by atoms with E-state index < -0.39 is 0 Å². The summed E-state index contributed by atoms with van der Waals surface area (Å²) in [5.41, 5.74) is 1.15. The minimum atomic E-state index is -0.330. The fraction of sp³-hybridized carbons (Fsp3) is 0.571. The van der Waals surface area contributed by atoms with Gasteiger partial charge in [-0.25, -0.2) is 0 Å². The normalized spacial score (nSPS) is 16.6. The van der Waals surface area contributed by atoms with Gasteiger partial charge in [-0.2, -0.15) is 0 Å². The Morgan fingerprint density at radius 3 is 2.79 bits per heavy atom. The van der Waals surface area contributed by atoms with Crippen LogP contribution >= 0.6 is 0 Å². The van der Waals surface area contributed by atoms with Gasteiger partial charge in [-0.15, -0.1) is 0 Å². The first kappa shape index (κ1) is 13.8.